The Bertz CT molecular complexity index is 702. The first kappa shape index (κ1) is 17.7. The van der Waals surface area contributed by atoms with E-state index < -0.39 is 24.1 Å². The zero-order chi connectivity index (χ0) is 18.0. The second kappa shape index (κ2) is 7.41. The molecule has 25 heavy (non-hydrogen) atoms. The van der Waals surface area contributed by atoms with Crippen molar-refractivity contribution in [3.05, 3.63) is 28.8 Å². The molecule has 8 heteroatoms. The molecule has 1 aromatic rings. The van der Waals surface area contributed by atoms with Gasteiger partial charge in [0.05, 0.1) is 11.3 Å². The average molecular weight is 367 g/mol. The van der Waals surface area contributed by atoms with E-state index in [-0.39, 0.29) is 12.3 Å². The van der Waals surface area contributed by atoms with Crippen LogP contribution in [0.2, 0.25) is 5.02 Å². The Kier molecular flexibility index (Phi) is 5.24. The lowest BCUT2D eigenvalue weighted by molar-refractivity contribution is -0.150. The molecule has 2 aliphatic rings. The summed E-state index contributed by atoms with van der Waals surface area (Å²) in [7, 11) is 0. The van der Waals surface area contributed by atoms with Gasteiger partial charge in [-0.15, -0.1) is 0 Å². The molecule has 2 heterocycles. The molecular formula is C17H19ClN2O5. The number of carboxylic acids is 1. The van der Waals surface area contributed by atoms with E-state index in [1.54, 1.807) is 17.0 Å². The fraction of sp³-hybridized carbons (Fsp3) is 0.471. The SMILES string of the molecule is O=C(Nc1ccc(Cl)cc1C(=O)N1CCCC1)[C@@H]1CC[C@H](C(=O)O)O1. The van der Waals surface area contributed by atoms with Gasteiger partial charge < -0.3 is 20.1 Å². The summed E-state index contributed by atoms with van der Waals surface area (Å²) in [5, 5.41) is 12.0. The number of halogens is 1. The third-order valence-electron chi connectivity index (χ3n) is 4.45. The second-order valence-electron chi connectivity index (χ2n) is 6.21. The van der Waals surface area contributed by atoms with E-state index in [4.69, 9.17) is 21.4 Å². The van der Waals surface area contributed by atoms with Gasteiger partial charge in [-0.05, 0) is 43.9 Å². The number of carbonyl (C=O) groups is 3. The number of likely N-dealkylation sites (tertiary alicyclic amines) is 1. The maximum atomic E-state index is 12.7. The van der Waals surface area contributed by atoms with Crippen LogP contribution in [0.4, 0.5) is 5.69 Å². The topological polar surface area (TPSA) is 95.9 Å². The predicted octanol–water partition coefficient (Wildman–Crippen LogP) is 2.15. The molecule has 2 atom stereocenters. The number of rotatable bonds is 4. The van der Waals surface area contributed by atoms with Crippen LogP contribution in [0, 0.1) is 0 Å². The molecule has 0 aliphatic carbocycles. The molecule has 0 bridgehead atoms. The Hall–Kier alpha value is -2.12. The van der Waals surface area contributed by atoms with Crippen LogP contribution < -0.4 is 5.32 Å². The summed E-state index contributed by atoms with van der Waals surface area (Å²) in [5.74, 6) is -1.71. The molecule has 0 spiro atoms. The highest BCUT2D eigenvalue weighted by atomic mass is 35.5. The van der Waals surface area contributed by atoms with Gasteiger partial charge in [0.1, 0.15) is 6.10 Å². The summed E-state index contributed by atoms with van der Waals surface area (Å²) in [6.07, 6.45) is 0.721. The van der Waals surface area contributed by atoms with Crippen LogP contribution in [0.15, 0.2) is 18.2 Å². The summed E-state index contributed by atoms with van der Waals surface area (Å²) in [6, 6.07) is 4.70. The van der Waals surface area contributed by atoms with Crippen LogP contribution in [-0.2, 0) is 14.3 Å². The molecular weight excluding hydrogens is 348 g/mol. The number of amides is 2. The largest absolute Gasteiger partial charge is 0.479 e. The van der Waals surface area contributed by atoms with Crippen LogP contribution in [0.25, 0.3) is 0 Å². The van der Waals surface area contributed by atoms with E-state index in [2.05, 4.69) is 5.32 Å². The molecule has 1 aromatic carbocycles. The van der Waals surface area contributed by atoms with Crippen molar-refractivity contribution in [2.45, 2.75) is 37.9 Å². The maximum absolute atomic E-state index is 12.7. The van der Waals surface area contributed by atoms with Gasteiger partial charge in [0.15, 0.2) is 6.10 Å². The molecule has 0 unspecified atom stereocenters. The number of hydrogen-bond acceptors (Lipinski definition) is 4. The number of nitrogens with zero attached hydrogens (tertiary/aromatic N) is 1. The fourth-order valence-corrected chi connectivity index (χ4v) is 3.29. The highest BCUT2D eigenvalue weighted by Crippen LogP contribution is 2.26. The Labute approximate surface area is 149 Å². The Morgan fingerprint density at radius 2 is 1.84 bits per heavy atom. The van der Waals surface area contributed by atoms with E-state index in [1.165, 1.54) is 6.07 Å². The minimum absolute atomic E-state index is 0.175. The van der Waals surface area contributed by atoms with Gasteiger partial charge in [-0.25, -0.2) is 4.79 Å². The van der Waals surface area contributed by atoms with E-state index in [9.17, 15) is 14.4 Å². The Morgan fingerprint density at radius 3 is 2.48 bits per heavy atom. The van der Waals surface area contributed by atoms with Crippen molar-refractivity contribution < 1.29 is 24.2 Å². The van der Waals surface area contributed by atoms with Gasteiger partial charge in [-0.2, -0.15) is 0 Å². The summed E-state index contributed by atoms with van der Waals surface area (Å²) in [5.41, 5.74) is 0.684. The minimum Gasteiger partial charge on any atom is -0.479 e. The van der Waals surface area contributed by atoms with Gasteiger partial charge in [0.2, 0.25) is 0 Å². The van der Waals surface area contributed by atoms with Gasteiger partial charge in [-0.3, -0.25) is 9.59 Å². The first-order valence-electron chi connectivity index (χ1n) is 8.23. The molecule has 0 aromatic heterocycles. The van der Waals surface area contributed by atoms with Gasteiger partial charge in [0.25, 0.3) is 11.8 Å². The molecule has 0 saturated carbocycles. The fourth-order valence-electron chi connectivity index (χ4n) is 3.12. The van der Waals surface area contributed by atoms with Gasteiger partial charge in [-0.1, -0.05) is 11.6 Å². The molecule has 0 radical (unpaired) electrons. The van der Waals surface area contributed by atoms with Crippen LogP contribution in [0.3, 0.4) is 0 Å². The lowest BCUT2D eigenvalue weighted by atomic mass is 10.1. The average Bonchev–Trinajstić information content (AvgIpc) is 3.27. The molecule has 2 amide bonds. The van der Waals surface area contributed by atoms with Crippen LogP contribution in [0.5, 0.6) is 0 Å². The number of anilines is 1. The minimum atomic E-state index is -1.08. The molecule has 134 valence electrons. The molecule has 7 nitrogen and oxygen atoms in total. The number of ether oxygens (including phenoxy) is 1. The first-order valence-corrected chi connectivity index (χ1v) is 8.61. The number of aliphatic carboxylic acids is 1. The number of benzene rings is 1. The quantitative estimate of drug-likeness (QED) is 0.851. The maximum Gasteiger partial charge on any atom is 0.332 e. The van der Waals surface area contributed by atoms with Gasteiger partial charge in [0, 0.05) is 18.1 Å². The van der Waals surface area contributed by atoms with Crippen molar-refractivity contribution in [1.29, 1.82) is 0 Å². The highest BCUT2D eigenvalue weighted by Gasteiger charge is 2.35. The van der Waals surface area contributed by atoms with Crippen LogP contribution >= 0.6 is 11.6 Å². The summed E-state index contributed by atoms with van der Waals surface area (Å²) < 4.78 is 5.25. The molecule has 2 fully saturated rings. The van der Waals surface area contributed by atoms with E-state index >= 15 is 0 Å². The van der Waals surface area contributed by atoms with Crippen LogP contribution in [-0.4, -0.2) is 53.1 Å². The van der Waals surface area contributed by atoms with Crippen molar-refractivity contribution in [3.63, 3.8) is 0 Å². The summed E-state index contributed by atoms with van der Waals surface area (Å²) in [6.45, 7) is 1.37. The first-order chi connectivity index (χ1) is 12.0. The second-order valence-corrected chi connectivity index (χ2v) is 6.64. The summed E-state index contributed by atoms with van der Waals surface area (Å²) in [4.78, 5) is 37.7. The number of carboxylic acid groups (broad SMARTS) is 1. The van der Waals surface area contributed by atoms with Crippen molar-refractivity contribution in [3.8, 4) is 0 Å². The Balaban J connectivity index is 1.75. The molecule has 2 N–H and O–H groups in total. The summed E-state index contributed by atoms with van der Waals surface area (Å²) >= 11 is 6.01. The van der Waals surface area contributed by atoms with E-state index in [0.717, 1.165) is 12.8 Å². The third kappa shape index (κ3) is 3.93. The van der Waals surface area contributed by atoms with E-state index in [0.29, 0.717) is 35.8 Å². The zero-order valence-electron chi connectivity index (χ0n) is 13.5. The number of nitrogens with one attached hydrogen (secondary N) is 1. The van der Waals surface area contributed by atoms with Crippen molar-refractivity contribution in [2.24, 2.45) is 0 Å². The molecule has 2 aliphatic heterocycles. The standard InChI is InChI=1S/C17H19ClN2O5/c18-10-3-4-12(11(9-10)16(22)20-7-1-2-8-20)19-15(21)13-5-6-14(25-13)17(23)24/h3-4,9,13-14H,1-2,5-8H2,(H,19,21)(H,23,24)/t13-,14+/m0/s1. The third-order valence-corrected chi connectivity index (χ3v) is 4.69. The predicted molar refractivity (Wildman–Crippen MR) is 90.8 cm³/mol. The monoisotopic (exact) mass is 366 g/mol. The number of carbonyl (C=O) groups excluding carboxylic acids is 2. The normalized spacial score (nSPS) is 22.8. The van der Waals surface area contributed by atoms with Crippen molar-refractivity contribution >= 4 is 35.1 Å². The van der Waals surface area contributed by atoms with Crippen LogP contribution in [0.1, 0.15) is 36.0 Å². The van der Waals surface area contributed by atoms with Crippen molar-refractivity contribution in [2.75, 3.05) is 18.4 Å². The van der Waals surface area contributed by atoms with E-state index in [1.807, 2.05) is 0 Å². The molecule has 3 rings (SSSR count). The molecule has 2 saturated heterocycles. The lowest BCUT2D eigenvalue weighted by Gasteiger charge is -2.19. The smallest absolute Gasteiger partial charge is 0.332 e. The van der Waals surface area contributed by atoms with Crippen molar-refractivity contribution in [1.82, 2.24) is 4.90 Å². The Morgan fingerprint density at radius 1 is 1.16 bits per heavy atom. The zero-order valence-corrected chi connectivity index (χ0v) is 14.3. The lowest BCUT2D eigenvalue weighted by Crippen LogP contribution is -2.32. The highest BCUT2D eigenvalue weighted by molar-refractivity contribution is 6.31. The van der Waals surface area contributed by atoms with Gasteiger partial charge >= 0.3 is 5.97 Å². The number of hydrogen-bond donors (Lipinski definition) is 2.